The Morgan fingerprint density at radius 3 is 3.05 bits per heavy atom. The SMILES string of the molecule is O=C(CN1CSCC1=O)N[C@H]1CCSc2ccccc21. The number of carbonyl (C=O) groups excluding carboxylic acids is 2. The second-order valence-corrected chi connectivity index (χ2v) is 6.96. The maximum absolute atomic E-state index is 12.1. The Morgan fingerprint density at radius 1 is 1.40 bits per heavy atom. The van der Waals surface area contributed by atoms with Gasteiger partial charge in [0.25, 0.3) is 0 Å². The molecule has 1 saturated heterocycles. The molecule has 3 rings (SSSR count). The lowest BCUT2D eigenvalue weighted by atomic mass is 10.0. The molecule has 4 nitrogen and oxygen atoms in total. The Kier molecular flexibility index (Phi) is 4.21. The van der Waals surface area contributed by atoms with Crippen LogP contribution in [0.2, 0.25) is 0 Å². The van der Waals surface area contributed by atoms with Crippen LogP contribution in [0.25, 0.3) is 0 Å². The number of benzene rings is 1. The number of hydrogen-bond donors (Lipinski definition) is 1. The lowest BCUT2D eigenvalue weighted by Gasteiger charge is -2.26. The van der Waals surface area contributed by atoms with E-state index in [-0.39, 0.29) is 24.4 Å². The number of thioether (sulfide) groups is 2. The molecule has 0 spiro atoms. The zero-order valence-corrected chi connectivity index (χ0v) is 12.6. The quantitative estimate of drug-likeness (QED) is 0.926. The molecule has 0 bridgehead atoms. The molecule has 0 unspecified atom stereocenters. The van der Waals surface area contributed by atoms with Crippen molar-refractivity contribution in [1.82, 2.24) is 10.2 Å². The van der Waals surface area contributed by atoms with Crippen LogP contribution in [0.15, 0.2) is 29.2 Å². The maximum atomic E-state index is 12.1. The summed E-state index contributed by atoms with van der Waals surface area (Å²) >= 11 is 3.39. The highest BCUT2D eigenvalue weighted by atomic mass is 32.2. The van der Waals surface area contributed by atoms with E-state index in [1.807, 2.05) is 23.9 Å². The summed E-state index contributed by atoms with van der Waals surface area (Å²) in [5.74, 6) is 2.14. The first-order valence-electron chi connectivity index (χ1n) is 6.60. The molecule has 6 heteroatoms. The van der Waals surface area contributed by atoms with E-state index in [4.69, 9.17) is 0 Å². The van der Waals surface area contributed by atoms with E-state index in [9.17, 15) is 9.59 Å². The Balaban J connectivity index is 1.63. The molecule has 2 aliphatic heterocycles. The molecule has 0 saturated carbocycles. The van der Waals surface area contributed by atoms with Crippen LogP contribution in [0, 0.1) is 0 Å². The Hall–Kier alpha value is -1.14. The lowest BCUT2D eigenvalue weighted by molar-refractivity contribution is -0.132. The number of amides is 2. The number of hydrogen-bond acceptors (Lipinski definition) is 4. The smallest absolute Gasteiger partial charge is 0.240 e. The van der Waals surface area contributed by atoms with Gasteiger partial charge in [0.05, 0.1) is 17.7 Å². The number of rotatable bonds is 3. The van der Waals surface area contributed by atoms with Gasteiger partial charge in [-0.05, 0) is 18.1 Å². The molecule has 0 aliphatic carbocycles. The molecule has 1 N–H and O–H groups in total. The first-order chi connectivity index (χ1) is 9.74. The fraction of sp³-hybridized carbons (Fsp3) is 0.429. The van der Waals surface area contributed by atoms with E-state index in [1.54, 1.807) is 16.7 Å². The topological polar surface area (TPSA) is 49.4 Å². The third kappa shape index (κ3) is 2.96. The highest BCUT2D eigenvalue weighted by molar-refractivity contribution is 8.00. The Labute approximate surface area is 126 Å². The van der Waals surface area contributed by atoms with Crippen LogP contribution >= 0.6 is 23.5 Å². The first-order valence-corrected chi connectivity index (χ1v) is 8.74. The third-order valence-electron chi connectivity index (χ3n) is 3.45. The molecule has 2 aliphatic rings. The molecular weight excluding hydrogens is 292 g/mol. The second-order valence-electron chi connectivity index (χ2n) is 4.86. The first kappa shape index (κ1) is 13.8. The summed E-state index contributed by atoms with van der Waals surface area (Å²) in [6.45, 7) is 0.178. The molecule has 1 aromatic carbocycles. The number of nitrogens with one attached hydrogen (secondary N) is 1. The standard InChI is InChI=1S/C14H16N2O2S2/c17-13(7-16-9-19-8-14(16)18)15-11-5-6-20-12-4-2-1-3-10(11)12/h1-4,11H,5-9H2,(H,15,17)/t11-/m0/s1. The van der Waals surface area contributed by atoms with Crippen molar-refractivity contribution in [3.8, 4) is 0 Å². The van der Waals surface area contributed by atoms with Gasteiger partial charge in [-0.15, -0.1) is 23.5 Å². The van der Waals surface area contributed by atoms with Gasteiger partial charge in [-0.3, -0.25) is 9.59 Å². The predicted molar refractivity (Wildman–Crippen MR) is 81.7 cm³/mol. The average Bonchev–Trinajstić information content (AvgIpc) is 2.85. The largest absolute Gasteiger partial charge is 0.348 e. The normalized spacial score (nSPS) is 21.7. The molecule has 1 fully saturated rings. The zero-order valence-electron chi connectivity index (χ0n) is 11.0. The van der Waals surface area contributed by atoms with Crippen LogP contribution in [-0.4, -0.2) is 40.6 Å². The van der Waals surface area contributed by atoms with Crippen LogP contribution in [0.3, 0.4) is 0 Å². The van der Waals surface area contributed by atoms with Crippen molar-refractivity contribution in [3.05, 3.63) is 29.8 Å². The van der Waals surface area contributed by atoms with Crippen molar-refractivity contribution in [1.29, 1.82) is 0 Å². The third-order valence-corrected chi connectivity index (χ3v) is 5.52. The van der Waals surface area contributed by atoms with Gasteiger partial charge in [-0.25, -0.2) is 0 Å². The monoisotopic (exact) mass is 308 g/mol. The van der Waals surface area contributed by atoms with Crippen molar-refractivity contribution < 1.29 is 9.59 Å². The molecule has 2 amide bonds. The average molecular weight is 308 g/mol. The van der Waals surface area contributed by atoms with Crippen molar-refractivity contribution in [2.24, 2.45) is 0 Å². The minimum absolute atomic E-state index is 0.0600. The number of fused-ring (bicyclic) bond motifs is 1. The summed E-state index contributed by atoms with van der Waals surface area (Å²) in [4.78, 5) is 26.5. The van der Waals surface area contributed by atoms with Crippen molar-refractivity contribution in [2.75, 3.05) is 23.9 Å². The molecule has 106 valence electrons. The van der Waals surface area contributed by atoms with E-state index < -0.39 is 0 Å². The van der Waals surface area contributed by atoms with Gasteiger partial charge >= 0.3 is 0 Å². The van der Waals surface area contributed by atoms with Gasteiger partial charge in [-0.2, -0.15) is 0 Å². The van der Waals surface area contributed by atoms with E-state index in [0.717, 1.165) is 12.2 Å². The Bertz CT molecular complexity index is 536. The van der Waals surface area contributed by atoms with Crippen molar-refractivity contribution >= 4 is 35.3 Å². The van der Waals surface area contributed by atoms with E-state index >= 15 is 0 Å². The summed E-state index contributed by atoms with van der Waals surface area (Å²) in [5.41, 5.74) is 1.19. The van der Waals surface area contributed by atoms with Crippen LogP contribution in [-0.2, 0) is 9.59 Å². The van der Waals surface area contributed by atoms with E-state index in [1.165, 1.54) is 10.5 Å². The summed E-state index contributed by atoms with van der Waals surface area (Å²) in [5, 5.41) is 3.07. The molecule has 0 radical (unpaired) electrons. The summed E-state index contributed by atoms with van der Waals surface area (Å²) in [6, 6.07) is 8.27. The van der Waals surface area contributed by atoms with Gasteiger partial charge in [0.15, 0.2) is 0 Å². The van der Waals surface area contributed by atoms with Crippen LogP contribution in [0.4, 0.5) is 0 Å². The lowest BCUT2D eigenvalue weighted by Crippen LogP contribution is -2.40. The number of nitrogens with zero attached hydrogens (tertiary/aromatic N) is 1. The molecular formula is C14H16N2O2S2. The van der Waals surface area contributed by atoms with Gasteiger partial charge in [-0.1, -0.05) is 18.2 Å². The minimum atomic E-state index is -0.0625. The molecule has 0 aromatic heterocycles. The van der Waals surface area contributed by atoms with Crippen molar-refractivity contribution in [2.45, 2.75) is 17.4 Å². The van der Waals surface area contributed by atoms with Gasteiger partial charge in [0.1, 0.15) is 6.54 Å². The molecule has 1 aromatic rings. The van der Waals surface area contributed by atoms with E-state index in [2.05, 4.69) is 17.4 Å². The van der Waals surface area contributed by atoms with E-state index in [0.29, 0.717) is 11.6 Å². The van der Waals surface area contributed by atoms with Crippen LogP contribution < -0.4 is 5.32 Å². The predicted octanol–water partition coefficient (Wildman–Crippen LogP) is 1.87. The second kappa shape index (κ2) is 6.10. The van der Waals surface area contributed by atoms with Crippen molar-refractivity contribution in [3.63, 3.8) is 0 Å². The fourth-order valence-corrected chi connectivity index (χ4v) is 4.47. The van der Waals surface area contributed by atoms with Gasteiger partial charge in [0.2, 0.25) is 11.8 Å². The van der Waals surface area contributed by atoms with Crippen LogP contribution in [0.5, 0.6) is 0 Å². The molecule has 20 heavy (non-hydrogen) atoms. The van der Waals surface area contributed by atoms with Gasteiger partial charge < -0.3 is 10.2 Å². The number of carbonyl (C=O) groups is 2. The molecule has 2 heterocycles. The summed E-state index contributed by atoms with van der Waals surface area (Å²) < 4.78 is 0. The Morgan fingerprint density at radius 2 is 2.25 bits per heavy atom. The minimum Gasteiger partial charge on any atom is -0.348 e. The summed E-state index contributed by atoms with van der Waals surface area (Å²) in [6.07, 6.45) is 0.941. The zero-order chi connectivity index (χ0) is 13.9. The molecule has 1 atom stereocenters. The maximum Gasteiger partial charge on any atom is 0.240 e. The highest BCUT2D eigenvalue weighted by Crippen LogP contribution is 2.35. The van der Waals surface area contributed by atoms with Crippen LogP contribution in [0.1, 0.15) is 18.0 Å². The van der Waals surface area contributed by atoms with Gasteiger partial charge in [0, 0.05) is 10.6 Å². The highest BCUT2D eigenvalue weighted by Gasteiger charge is 2.26. The fourth-order valence-electron chi connectivity index (χ4n) is 2.45. The summed E-state index contributed by atoms with van der Waals surface area (Å²) in [7, 11) is 0.